The zero-order chi connectivity index (χ0) is 14.5. The SMILES string of the molecule is Cc1ccc(N=CCc2cn(C)cn2)c(O[SiH](C)C)c1. The normalized spacial score (nSPS) is 11.4. The third-order valence-corrected chi connectivity index (χ3v) is 3.49. The van der Waals surface area contributed by atoms with Crippen LogP contribution in [-0.4, -0.2) is 24.8 Å². The fourth-order valence-corrected chi connectivity index (χ4v) is 2.58. The summed E-state index contributed by atoms with van der Waals surface area (Å²) in [5.41, 5.74) is 3.11. The number of rotatable bonds is 5. The molecule has 0 unspecified atom stereocenters. The first-order valence-electron chi connectivity index (χ1n) is 6.81. The number of aliphatic imine (C=N–C) groups is 1. The van der Waals surface area contributed by atoms with Crippen molar-refractivity contribution in [1.82, 2.24) is 9.55 Å². The van der Waals surface area contributed by atoms with E-state index in [2.05, 4.69) is 42.1 Å². The van der Waals surface area contributed by atoms with Gasteiger partial charge in [0, 0.05) is 25.9 Å². The molecule has 0 fully saturated rings. The van der Waals surface area contributed by atoms with Crippen molar-refractivity contribution in [3.8, 4) is 5.75 Å². The summed E-state index contributed by atoms with van der Waals surface area (Å²) in [7, 11) is 0.840. The average molecular weight is 287 g/mol. The van der Waals surface area contributed by atoms with E-state index in [0.29, 0.717) is 0 Å². The molecule has 20 heavy (non-hydrogen) atoms. The van der Waals surface area contributed by atoms with E-state index in [1.165, 1.54) is 5.56 Å². The summed E-state index contributed by atoms with van der Waals surface area (Å²) in [5.74, 6) is 0.893. The Kier molecular flexibility index (Phi) is 4.73. The van der Waals surface area contributed by atoms with Gasteiger partial charge in [0.2, 0.25) is 9.04 Å². The molecule has 0 saturated heterocycles. The van der Waals surface area contributed by atoms with Gasteiger partial charge in [0.05, 0.1) is 12.0 Å². The van der Waals surface area contributed by atoms with E-state index < -0.39 is 9.04 Å². The van der Waals surface area contributed by atoms with E-state index >= 15 is 0 Å². The van der Waals surface area contributed by atoms with E-state index in [-0.39, 0.29) is 0 Å². The van der Waals surface area contributed by atoms with E-state index in [1.807, 2.05) is 30.1 Å². The van der Waals surface area contributed by atoms with E-state index in [0.717, 1.165) is 23.6 Å². The minimum absolute atomic E-state index is 0.729. The number of aryl methyl sites for hydroxylation is 2. The van der Waals surface area contributed by atoms with Crippen molar-refractivity contribution < 1.29 is 4.43 Å². The second kappa shape index (κ2) is 6.52. The zero-order valence-corrected chi connectivity index (χ0v) is 13.7. The number of hydrogen-bond donors (Lipinski definition) is 0. The van der Waals surface area contributed by atoms with Gasteiger partial charge in [0.1, 0.15) is 11.4 Å². The van der Waals surface area contributed by atoms with Crippen LogP contribution in [-0.2, 0) is 13.5 Å². The molecule has 2 rings (SSSR count). The summed E-state index contributed by atoms with van der Waals surface area (Å²) in [6, 6.07) is 6.12. The molecule has 0 aliphatic heterocycles. The summed E-state index contributed by atoms with van der Waals surface area (Å²) >= 11 is 0. The first-order chi connectivity index (χ1) is 9.54. The minimum Gasteiger partial charge on any atom is -0.546 e. The Morgan fingerprint density at radius 1 is 1.40 bits per heavy atom. The molecular weight excluding hydrogens is 266 g/mol. The van der Waals surface area contributed by atoms with Gasteiger partial charge < -0.3 is 8.99 Å². The van der Waals surface area contributed by atoms with Gasteiger partial charge in [-0.1, -0.05) is 6.07 Å². The van der Waals surface area contributed by atoms with Crippen molar-refractivity contribution >= 4 is 20.9 Å². The Labute approximate surface area is 121 Å². The van der Waals surface area contributed by atoms with Crippen LogP contribution in [0.3, 0.4) is 0 Å². The highest BCUT2D eigenvalue weighted by atomic mass is 28.3. The van der Waals surface area contributed by atoms with Crippen molar-refractivity contribution in [2.24, 2.45) is 12.0 Å². The standard InChI is InChI=1S/C15H21N3OSi/c1-12-5-6-14(15(9-12)19-20(3)4)16-8-7-13-10-18(2)11-17-13/h5-6,8-11,20H,7H2,1-4H3. The molecule has 0 saturated carbocycles. The molecule has 1 heterocycles. The first kappa shape index (κ1) is 14.5. The maximum absolute atomic E-state index is 5.94. The zero-order valence-electron chi connectivity index (χ0n) is 12.5. The Morgan fingerprint density at radius 3 is 2.85 bits per heavy atom. The summed E-state index contributed by atoms with van der Waals surface area (Å²) in [5, 5.41) is 0. The molecule has 106 valence electrons. The van der Waals surface area contributed by atoms with Crippen LogP contribution >= 0.6 is 0 Å². The fourth-order valence-electron chi connectivity index (χ4n) is 1.89. The molecule has 1 aromatic carbocycles. The van der Waals surface area contributed by atoms with Gasteiger partial charge >= 0.3 is 0 Å². The third kappa shape index (κ3) is 4.06. The smallest absolute Gasteiger partial charge is 0.229 e. The third-order valence-electron chi connectivity index (χ3n) is 2.77. The van der Waals surface area contributed by atoms with Crippen LogP contribution < -0.4 is 4.43 Å². The second-order valence-electron chi connectivity index (χ2n) is 5.18. The summed E-state index contributed by atoms with van der Waals surface area (Å²) in [6.45, 7) is 6.38. The molecule has 0 amide bonds. The molecule has 0 radical (unpaired) electrons. The van der Waals surface area contributed by atoms with Crippen molar-refractivity contribution in [2.45, 2.75) is 26.4 Å². The number of imidazole rings is 1. The molecular formula is C15H21N3OSi. The lowest BCUT2D eigenvalue weighted by atomic mass is 10.2. The second-order valence-corrected chi connectivity index (χ2v) is 7.52. The summed E-state index contributed by atoms with van der Waals surface area (Å²) < 4.78 is 7.88. The lowest BCUT2D eigenvalue weighted by molar-refractivity contribution is 0.581. The number of aromatic nitrogens is 2. The summed E-state index contributed by atoms with van der Waals surface area (Å²) in [6.07, 6.45) is 6.42. The lowest BCUT2D eigenvalue weighted by Gasteiger charge is -2.12. The Bertz CT molecular complexity index is 605. The van der Waals surface area contributed by atoms with Crippen LogP contribution in [0.4, 0.5) is 5.69 Å². The van der Waals surface area contributed by atoms with E-state index in [4.69, 9.17) is 4.43 Å². The topological polar surface area (TPSA) is 39.4 Å². The van der Waals surface area contributed by atoms with Gasteiger partial charge in [-0.3, -0.25) is 4.99 Å². The molecule has 0 bridgehead atoms. The molecule has 0 aliphatic rings. The highest BCUT2D eigenvalue weighted by Gasteiger charge is 2.05. The maximum Gasteiger partial charge on any atom is 0.229 e. The van der Waals surface area contributed by atoms with Crippen LogP contribution in [0.25, 0.3) is 0 Å². The quantitative estimate of drug-likeness (QED) is 0.626. The van der Waals surface area contributed by atoms with E-state index in [1.54, 1.807) is 6.33 Å². The fraction of sp³-hybridized carbons (Fsp3) is 0.333. The number of nitrogens with zero attached hydrogens (tertiary/aromatic N) is 3. The average Bonchev–Trinajstić information content (AvgIpc) is 2.77. The monoisotopic (exact) mass is 287 g/mol. The molecule has 0 spiro atoms. The molecule has 4 nitrogen and oxygen atoms in total. The summed E-state index contributed by atoms with van der Waals surface area (Å²) in [4.78, 5) is 8.81. The Balaban J connectivity index is 2.11. The van der Waals surface area contributed by atoms with Gasteiger partial charge in [-0.25, -0.2) is 4.98 Å². The number of hydrogen-bond acceptors (Lipinski definition) is 3. The Hall–Kier alpha value is -1.88. The van der Waals surface area contributed by atoms with Gasteiger partial charge in [0.15, 0.2) is 0 Å². The van der Waals surface area contributed by atoms with Crippen LogP contribution in [0.5, 0.6) is 5.75 Å². The first-order valence-corrected chi connectivity index (χ1v) is 9.59. The predicted molar refractivity (Wildman–Crippen MR) is 85.7 cm³/mol. The van der Waals surface area contributed by atoms with Crippen LogP contribution in [0.15, 0.2) is 35.7 Å². The van der Waals surface area contributed by atoms with Gasteiger partial charge in [-0.2, -0.15) is 0 Å². The number of benzene rings is 1. The van der Waals surface area contributed by atoms with Crippen LogP contribution in [0, 0.1) is 6.92 Å². The predicted octanol–water partition coefficient (Wildman–Crippen LogP) is 3.04. The minimum atomic E-state index is -1.13. The molecule has 2 aromatic rings. The lowest BCUT2D eigenvalue weighted by Crippen LogP contribution is -2.11. The molecule has 0 aliphatic carbocycles. The molecule has 5 heteroatoms. The highest BCUT2D eigenvalue weighted by Crippen LogP contribution is 2.28. The highest BCUT2D eigenvalue weighted by molar-refractivity contribution is 6.49. The van der Waals surface area contributed by atoms with Crippen molar-refractivity contribution in [3.05, 3.63) is 42.0 Å². The van der Waals surface area contributed by atoms with Crippen molar-refractivity contribution in [2.75, 3.05) is 0 Å². The molecule has 0 N–H and O–H groups in total. The van der Waals surface area contributed by atoms with Gasteiger partial charge in [-0.05, 0) is 37.7 Å². The van der Waals surface area contributed by atoms with Crippen LogP contribution in [0.1, 0.15) is 11.3 Å². The molecule has 0 atom stereocenters. The van der Waals surface area contributed by atoms with Gasteiger partial charge in [-0.15, -0.1) is 0 Å². The van der Waals surface area contributed by atoms with Crippen molar-refractivity contribution in [1.29, 1.82) is 0 Å². The molecule has 1 aromatic heterocycles. The largest absolute Gasteiger partial charge is 0.546 e. The van der Waals surface area contributed by atoms with Crippen LogP contribution in [0.2, 0.25) is 13.1 Å². The van der Waals surface area contributed by atoms with Gasteiger partial charge in [0.25, 0.3) is 0 Å². The van der Waals surface area contributed by atoms with E-state index in [9.17, 15) is 0 Å². The van der Waals surface area contributed by atoms with Crippen molar-refractivity contribution in [3.63, 3.8) is 0 Å². The maximum atomic E-state index is 5.94. The Morgan fingerprint density at radius 2 is 2.20 bits per heavy atom.